The second-order valence-electron chi connectivity index (χ2n) is 5.24. The molecule has 0 saturated heterocycles. The quantitative estimate of drug-likeness (QED) is 0.483. The molecule has 2 saturated carbocycles. The van der Waals surface area contributed by atoms with E-state index in [1.54, 1.807) is 0 Å². The lowest BCUT2D eigenvalue weighted by molar-refractivity contribution is 0.702. The molecule has 16 heavy (non-hydrogen) atoms. The molecule has 2 aliphatic carbocycles. The van der Waals surface area contributed by atoms with Gasteiger partial charge in [0.05, 0.1) is 0 Å². The lowest BCUT2D eigenvalue weighted by Gasteiger charge is -1.86. The van der Waals surface area contributed by atoms with Gasteiger partial charge in [-0.3, -0.25) is 0 Å². The summed E-state index contributed by atoms with van der Waals surface area (Å²) >= 11 is 0. The summed E-state index contributed by atoms with van der Waals surface area (Å²) in [5, 5.41) is 0. The van der Waals surface area contributed by atoms with Gasteiger partial charge in [0, 0.05) is 0 Å². The highest BCUT2D eigenvalue weighted by molar-refractivity contribution is 4.51. The van der Waals surface area contributed by atoms with Crippen LogP contribution in [-0.4, -0.2) is 0 Å². The molecule has 0 unspecified atom stereocenters. The predicted molar refractivity (Wildman–Crippen MR) is 76.0 cm³/mol. The minimum atomic E-state index is 1.36. The molecule has 2 fully saturated rings. The summed E-state index contributed by atoms with van der Waals surface area (Å²) in [7, 11) is 0. The summed E-state index contributed by atoms with van der Waals surface area (Å²) in [5.74, 6) is 0. The van der Waals surface area contributed by atoms with E-state index in [1.165, 1.54) is 89.9 Å². The highest BCUT2D eigenvalue weighted by Crippen LogP contribution is 2.15. The summed E-state index contributed by atoms with van der Waals surface area (Å²) in [6, 6.07) is 0. The average molecular weight is 226 g/mol. The first-order valence-electron chi connectivity index (χ1n) is 7.91. The van der Waals surface area contributed by atoms with E-state index < -0.39 is 0 Å². The van der Waals surface area contributed by atoms with Gasteiger partial charge in [-0.05, 0) is 0 Å². The van der Waals surface area contributed by atoms with E-state index in [9.17, 15) is 0 Å². The Labute approximate surface area is 104 Å². The largest absolute Gasteiger partial charge is 0.0654 e. The summed E-state index contributed by atoms with van der Waals surface area (Å²) in [6.07, 6.45) is 20.5. The highest BCUT2D eigenvalue weighted by atomic mass is 14.0. The minimum Gasteiger partial charge on any atom is -0.0654 e. The van der Waals surface area contributed by atoms with Gasteiger partial charge in [-0.15, -0.1) is 0 Å². The van der Waals surface area contributed by atoms with E-state index in [-0.39, 0.29) is 0 Å². The molecule has 0 aromatic carbocycles. The van der Waals surface area contributed by atoms with Crippen LogP contribution in [0.25, 0.3) is 0 Å². The highest BCUT2D eigenvalue weighted by Gasteiger charge is 1.95. The Morgan fingerprint density at radius 2 is 0.625 bits per heavy atom. The zero-order valence-corrected chi connectivity index (χ0v) is 11.9. The van der Waals surface area contributed by atoms with Gasteiger partial charge in [-0.1, -0.05) is 104 Å². The van der Waals surface area contributed by atoms with Crippen molar-refractivity contribution in [3.05, 3.63) is 0 Å². The molecule has 0 aromatic heterocycles. The molecule has 0 spiro atoms. The molecule has 0 aromatic rings. The van der Waals surface area contributed by atoms with Crippen LogP contribution >= 0.6 is 0 Å². The fourth-order valence-corrected chi connectivity index (χ4v) is 2.27. The van der Waals surface area contributed by atoms with Crippen LogP contribution in [0.5, 0.6) is 0 Å². The molecular weight excluding hydrogens is 192 g/mol. The summed E-state index contributed by atoms with van der Waals surface area (Å²) in [5.41, 5.74) is 0. The van der Waals surface area contributed by atoms with Crippen molar-refractivity contribution >= 4 is 0 Å². The van der Waals surface area contributed by atoms with Crippen LogP contribution in [0.3, 0.4) is 0 Å². The Bertz CT molecular complexity index is 69.4. The predicted octanol–water partition coefficient (Wildman–Crippen LogP) is 6.49. The fourth-order valence-electron chi connectivity index (χ4n) is 2.27. The standard InChI is InChI=1S/C6H14.2C5H10/c1-3-5-6-4-2;2*1-2-4-5-3-1/h3-6H2,1-2H3;2*1-5H2. The van der Waals surface area contributed by atoms with Crippen molar-refractivity contribution in [1.82, 2.24) is 0 Å². The second-order valence-corrected chi connectivity index (χ2v) is 5.24. The molecule has 0 amide bonds. The smallest absolute Gasteiger partial charge is 0.0533 e. The first kappa shape index (κ1) is 16.0. The molecule has 0 heterocycles. The van der Waals surface area contributed by atoms with Crippen molar-refractivity contribution in [2.75, 3.05) is 0 Å². The maximum absolute atomic E-state index is 2.23. The maximum atomic E-state index is 2.23. The zero-order chi connectivity index (χ0) is 11.9. The summed E-state index contributed by atoms with van der Waals surface area (Å²) in [6.45, 7) is 4.46. The Hall–Kier alpha value is 0. The van der Waals surface area contributed by atoms with E-state index in [0.29, 0.717) is 0 Å². The van der Waals surface area contributed by atoms with Crippen molar-refractivity contribution in [2.45, 2.75) is 104 Å². The van der Waals surface area contributed by atoms with Crippen LogP contribution in [0.2, 0.25) is 0 Å². The zero-order valence-electron chi connectivity index (χ0n) is 11.9. The van der Waals surface area contributed by atoms with Gasteiger partial charge < -0.3 is 0 Å². The van der Waals surface area contributed by atoms with Gasteiger partial charge in [-0.25, -0.2) is 0 Å². The molecule has 0 nitrogen and oxygen atoms in total. The first-order valence-corrected chi connectivity index (χ1v) is 7.91. The van der Waals surface area contributed by atoms with Gasteiger partial charge in [0.15, 0.2) is 0 Å². The number of hydrogen-bond acceptors (Lipinski definition) is 0. The Balaban J connectivity index is 0.000000211. The number of hydrogen-bond donors (Lipinski definition) is 0. The Morgan fingerprint density at radius 3 is 0.750 bits per heavy atom. The van der Waals surface area contributed by atoms with Crippen molar-refractivity contribution in [2.24, 2.45) is 0 Å². The van der Waals surface area contributed by atoms with Gasteiger partial charge in [0.2, 0.25) is 0 Å². The van der Waals surface area contributed by atoms with Crippen molar-refractivity contribution in [3.8, 4) is 0 Å². The van der Waals surface area contributed by atoms with Gasteiger partial charge >= 0.3 is 0 Å². The lowest BCUT2D eigenvalue weighted by Crippen LogP contribution is -1.66. The summed E-state index contributed by atoms with van der Waals surface area (Å²) in [4.78, 5) is 0. The van der Waals surface area contributed by atoms with E-state index >= 15 is 0 Å². The lowest BCUT2D eigenvalue weighted by atomic mass is 10.2. The van der Waals surface area contributed by atoms with Crippen LogP contribution in [0.1, 0.15) is 104 Å². The molecule has 2 aliphatic rings. The third-order valence-electron chi connectivity index (χ3n) is 3.46. The normalized spacial score (nSPS) is 18.4. The third-order valence-corrected chi connectivity index (χ3v) is 3.46. The van der Waals surface area contributed by atoms with E-state index in [0.717, 1.165) is 0 Å². The van der Waals surface area contributed by atoms with Crippen LogP contribution in [0.15, 0.2) is 0 Å². The van der Waals surface area contributed by atoms with Gasteiger partial charge in [-0.2, -0.15) is 0 Å². The number of unbranched alkanes of at least 4 members (excludes halogenated alkanes) is 3. The Kier molecular flexibility index (Phi) is 15.0. The minimum absolute atomic E-state index is 1.36. The monoisotopic (exact) mass is 226 g/mol. The molecule has 0 heteroatoms. The second kappa shape index (κ2) is 15.0. The van der Waals surface area contributed by atoms with Crippen LogP contribution in [-0.2, 0) is 0 Å². The van der Waals surface area contributed by atoms with Gasteiger partial charge in [0.25, 0.3) is 0 Å². The molecule has 0 radical (unpaired) electrons. The average Bonchev–Trinajstić information content (AvgIpc) is 3.00. The molecule has 0 atom stereocenters. The first-order chi connectivity index (χ1) is 7.91. The topological polar surface area (TPSA) is 0 Å². The van der Waals surface area contributed by atoms with E-state index in [1.807, 2.05) is 0 Å². The summed E-state index contributed by atoms with van der Waals surface area (Å²) < 4.78 is 0. The van der Waals surface area contributed by atoms with Crippen molar-refractivity contribution in [1.29, 1.82) is 0 Å². The maximum Gasteiger partial charge on any atom is -0.0533 e. The Morgan fingerprint density at radius 1 is 0.438 bits per heavy atom. The molecule has 2 rings (SSSR count). The van der Waals surface area contributed by atoms with E-state index in [4.69, 9.17) is 0 Å². The van der Waals surface area contributed by atoms with Gasteiger partial charge in [0.1, 0.15) is 0 Å². The molecule has 98 valence electrons. The SMILES string of the molecule is C1CCCC1.C1CCCC1.CCCCCC. The van der Waals surface area contributed by atoms with E-state index in [2.05, 4.69) is 13.8 Å². The molecule has 0 N–H and O–H groups in total. The van der Waals surface area contributed by atoms with Crippen LogP contribution in [0, 0.1) is 0 Å². The third kappa shape index (κ3) is 14.0. The molecule has 0 aliphatic heterocycles. The van der Waals surface area contributed by atoms with Crippen LogP contribution < -0.4 is 0 Å². The number of rotatable bonds is 3. The fraction of sp³-hybridized carbons (Fsp3) is 1.00. The van der Waals surface area contributed by atoms with Crippen LogP contribution in [0.4, 0.5) is 0 Å². The molecule has 0 bridgehead atoms. The van der Waals surface area contributed by atoms with Crippen molar-refractivity contribution < 1.29 is 0 Å². The molecular formula is C16H34. The van der Waals surface area contributed by atoms with Crippen molar-refractivity contribution in [3.63, 3.8) is 0 Å².